The van der Waals surface area contributed by atoms with Crippen LogP contribution < -0.4 is 10.6 Å². The smallest absolute Gasteiger partial charge is 0.258 e. The van der Waals surface area contributed by atoms with Gasteiger partial charge in [-0.25, -0.2) is 0 Å². The highest BCUT2D eigenvalue weighted by Gasteiger charge is 2.12. The van der Waals surface area contributed by atoms with Crippen molar-refractivity contribution in [3.05, 3.63) is 57.3 Å². The molecule has 0 spiro atoms. The number of hydrogen-bond acceptors (Lipinski definition) is 2. The van der Waals surface area contributed by atoms with E-state index in [-0.39, 0.29) is 5.91 Å². The normalized spacial score (nSPS) is 11.6. The quantitative estimate of drug-likeness (QED) is 0.831. The Morgan fingerprint density at radius 2 is 2.00 bits per heavy atom. The Kier molecular flexibility index (Phi) is 5.44. The van der Waals surface area contributed by atoms with Crippen molar-refractivity contribution < 1.29 is 4.79 Å². The first-order valence-corrected chi connectivity index (χ1v) is 6.43. The zero-order valence-electron chi connectivity index (χ0n) is 10.2. The number of carbonyl (C=O) groups is 1. The highest BCUT2D eigenvalue weighted by molar-refractivity contribution is 9.12. The molecular formula is C13H14BrClN2O. The summed E-state index contributed by atoms with van der Waals surface area (Å²) in [5.41, 5.74) is 1.23. The van der Waals surface area contributed by atoms with E-state index in [9.17, 15) is 4.79 Å². The average Bonchev–Trinajstić information content (AvgIpc) is 2.35. The third-order valence-electron chi connectivity index (χ3n) is 2.20. The molecule has 0 saturated carbocycles. The van der Waals surface area contributed by atoms with Gasteiger partial charge in [-0.3, -0.25) is 4.79 Å². The summed E-state index contributed by atoms with van der Waals surface area (Å²) < 4.78 is 0.713. The topological polar surface area (TPSA) is 41.1 Å². The Morgan fingerprint density at radius 1 is 1.39 bits per heavy atom. The minimum Gasteiger partial charge on any atom is -0.374 e. The van der Waals surface area contributed by atoms with Gasteiger partial charge in [0.2, 0.25) is 0 Å². The Balaban J connectivity index is 2.98. The second kappa shape index (κ2) is 6.61. The SMILES string of the molecule is C=C(C)/C(Br)=C(\NC)NC(=O)c1ccccc1Cl. The molecular weight excluding hydrogens is 316 g/mol. The van der Waals surface area contributed by atoms with E-state index in [1.807, 2.05) is 6.92 Å². The standard InChI is InChI=1S/C13H14BrClN2O/c1-8(2)11(14)12(16-3)17-13(18)9-6-4-5-7-10(9)15/h4-7,16H,1H2,2-3H3,(H,17,18)/b12-11-. The van der Waals surface area contributed by atoms with Crippen LogP contribution in [-0.2, 0) is 0 Å². The van der Waals surface area contributed by atoms with E-state index in [1.165, 1.54) is 0 Å². The summed E-state index contributed by atoms with van der Waals surface area (Å²) in [7, 11) is 1.71. The van der Waals surface area contributed by atoms with E-state index in [0.29, 0.717) is 20.9 Å². The maximum atomic E-state index is 12.0. The second-order valence-corrected chi connectivity index (χ2v) is 4.85. The fraction of sp³-hybridized carbons (Fsp3) is 0.154. The van der Waals surface area contributed by atoms with E-state index in [4.69, 9.17) is 11.6 Å². The number of rotatable bonds is 4. The fourth-order valence-corrected chi connectivity index (χ4v) is 1.79. The first kappa shape index (κ1) is 14.8. The maximum Gasteiger partial charge on any atom is 0.258 e. The summed E-state index contributed by atoms with van der Waals surface area (Å²) in [4.78, 5) is 12.0. The van der Waals surface area contributed by atoms with E-state index < -0.39 is 0 Å². The summed E-state index contributed by atoms with van der Waals surface area (Å²) in [5, 5.41) is 6.06. The number of carbonyl (C=O) groups excluding carboxylic acids is 1. The molecule has 0 saturated heterocycles. The predicted octanol–water partition coefficient (Wildman–Crippen LogP) is 3.43. The molecule has 18 heavy (non-hydrogen) atoms. The molecule has 0 aromatic heterocycles. The molecule has 96 valence electrons. The summed E-state index contributed by atoms with van der Waals surface area (Å²) in [6.07, 6.45) is 0. The minimum atomic E-state index is -0.275. The Bertz CT molecular complexity index is 511. The third kappa shape index (κ3) is 3.62. The minimum absolute atomic E-state index is 0.275. The molecule has 1 amide bonds. The van der Waals surface area contributed by atoms with Gasteiger partial charge in [-0.1, -0.05) is 30.3 Å². The van der Waals surface area contributed by atoms with Crippen molar-refractivity contribution >= 4 is 33.4 Å². The first-order chi connectivity index (χ1) is 8.47. The number of benzene rings is 1. The van der Waals surface area contributed by atoms with Crippen molar-refractivity contribution in [2.24, 2.45) is 0 Å². The first-order valence-electron chi connectivity index (χ1n) is 5.26. The maximum absolute atomic E-state index is 12.0. The Labute approximate surface area is 120 Å². The van der Waals surface area contributed by atoms with Crippen LogP contribution in [0.3, 0.4) is 0 Å². The van der Waals surface area contributed by atoms with E-state index in [1.54, 1.807) is 31.3 Å². The largest absolute Gasteiger partial charge is 0.374 e. The highest BCUT2D eigenvalue weighted by Crippen LogP contribution is 2.18. The lowest BCUT2D eigenvalue weighted by atomic mass is 10.2. The van der Waals surface area contributed by atoms with Gasteiger partial charge in [0.15, 0.2) is 0 Å². The molecule has 0 atom stereocenters. The Morgan fingerprint density at radius 3 is 2.50 bits per heavy atom. The van der Waals surface area contributed by atoms with Crippen LogP contribution in [-0.4, -0.2) is 13.0 Å². The summed E-state index contributed by atoms with van der Waals surface area (Å²) in [6.45, 7) is 5.64. The number of amides is 1. The lowest BCUT2D eigenvalue weighted by Gasteiger charge is -2.13. The molecule has 0 aliphatic rings. The number of nitrogens with one attached hydrogen (secondary N) is 2. The zero-order valence-corrected chi connectivity index (χ0v) is 12.5. The van der Waals surface area contributed by atoms with Crippen molar-refractivity contribution in [1.29, 1.82) is 0 Å². The van der Waals surface area contributed by atoms with Crippen molar-refractivity contribution in [3.63, 3.8) is 0 Å². The van der Waals surface area contributed by atoms with Gasteiger partial charge in [0.25, 0.3) is 5.91 Å². The summed E-state index contributed by atoms with van der Waals surface area (Å²) in [6, 6.07) is 6.88. The van der Waals surface area contributed by atoms with Gasteiger partial charge < -0.3 is 10.6 Å². The van der Waals surface area contributed by atoms with Crippen LogP contribution in [0.25, 0.3) is 0 Å². The highest BCUT2D eigenvalue weighted by atomic mass is 79.9. The van der Waals surface area contributed by atoms with Crippen LogP contribution in [0.2, 0.25) is 5.02 Å². The molecule has 0 bridgehead atoms. The number of hydrogen-bond donors (Lipinski definition) is 2. The van der Waals surface area contributed by atoms with Gasteiger partial charge in [-0.15, -0.1) is 0 Å². The molecule has 5 heteroatoms. The van der Waals surface area contributed by atoms with Crippen LogP contribution in [0.4, 0.5) is 0 Å². The fourth-order valence-electron chi connectivity index (χ4n) is 1.27. The van der Waals surface area contributed by atoms with Crippen LogP contribution >= 0.6 is 27.5 Å². The van der Waals surface area contributed by atoms with E-state index in [2.05, 4.69) is 33.1 Å². The van der Waals surface area contributed by atoms with Crippen LogP contribution in [0, 0.1) is 0 Å². The number of allylic oxidation sites excluding steroid dienone is 2. The van der Waals surface area contributed by atoms with Crippen molar-refractivity contribution in [2.45, 2.75) is 6.92 Å². The monoisotopic (exact) mass is 328 g/mol. The van der Waals surface area contributed by atoms with Gasteiger partial charge in [0, 0.05) is 7.05 Å². The molecule has 1 rings (SSSR count). The van der Waals surface area contributed by atoms with Crippen molar-refractivity contribution in [2.75, 3.05) is 7.05 Å². The average molecular weight is 330 g/mol. The van der Waals surface area contributed by atoms with Gasteiger partial charge >= 0.3 is 0 Å². The van der Waals surface area contributed by atoms with Crippen LogP contribution in [0.15, 0.2) is 46.7 Å². The lowest BCUT2D eigenvalue weighted by Crippen LogP contribution is -2.30. The van der Waals surface area contributed by atoms with Crippen molar-refractivity contribution in [3.8, 4) is 0 Å². The molecule has 0 aliphatic heterocycles. The predicted molar refractivity (Wildman–Crippen MR) is 78.7 cm³/mol. The molecule has 0 radical (unpaired) electrons. The van der Waals surface area contributed by atoms with Gasteiger partial charge in [-0.2, -0.15) is 0 Å². The molecule has 0 heterocycles. The molecule has 0 fully saturated rings. The van der Waals surface area contributed by atoms with E-state index in [0.717, 1.165) is 5.57 Å². The Hall–Kier alpha value is -1.26. The second-order valence-electron chi connectivity index (χ2n) is 3.65. The van der Waals surface area contributed by atoms with Crippen molar-refractivity contribution in [1.82, 2.24) is 10.6 Å². The lowest BCUT2D eigenvalue weighted by molar-refractivity contribution is 0.0963. The van der Waals surface area contributed by atoms with Gasteiger partial charge in [0.05, 0.1) is 15.1 Å². The summed E-state index contributed by atoms with van der Waals surface area (Å²) >= 11 is 9.32. The number of halogens is 2. The van der Waals surface area contributed by atoms with Gasteiger partial charge in [-0.05, 0) is 40.6 Å². The van der Waals surface area contributed by atoms with Gasteiger partial charge in [0.1, 0.15) is 5.82 Å². The summed E-state index contributed by atoms with van der Waals surface area (Å²) in [5.74, 6) is 0.274. The third-order valence-corrected chi connectivity index (χ3v) is 3.60. The van der Waals surface area contributed by atoms with Crippen LogP contribution in [0.5, 0.6) is 0 Å². The van der Waals surface area contributed by atoms with Crippen LogP contribution in [0.1, 0.15) is 17.3 Å². The van der Waals surface area contributed by atoms with E-state index >= 15 is 0 Å². The molecule has 3 nitrogen and oxygen atoms in total. The molecule has 1 aromatic carbocycles. The molecule has 0 aliphatic carbocycles. The molecule has 0 unspecified atom stereocenters. The molecule has 2 N–H and O–H groups in total. The molecule has 1 aromatic rings. The zero-order chi connectivity index (χ0) is 13.7.